The van der Waals surface area contributed by atoms with E-state index in [1.165, 1.54) is 0 Å². The zero-order valence-corrected chi connectivity index (χ0v) is 19.2. The number of methoxy groups -OCH3 is 2. The lowest BCUT2D eigenvalue weighted by Gasteiger charge is -2.13. The van der Waals surface area contributed by atoms with Crippen LogP contribution in [0.25, 0.3) is 21.7 Å². The van der Waals surface area contributed by atoms with Gasteiger partial charge in [0.15, 0.2) is 11.5 Å². The van der Waals surface area contributed by atoms with E-state index in [2.05, 4.69) is 15.6 Å². The summed E-state index contributed by atoms with van der Waals surface area (Å²) < 4.78 is 22.1. The van der Waals surface area contributed by atoms with E-state index in [0.717, 1.165) is 16.2 Å². The highest BCUT2D eigenvalue weighted by Crippen LogP contribution is 2.37. The van der Waals surface area contributed by atoms with E-state index in [9.17, 15) is 9.59 Å². The summed E-state index contributed by atoms with van der Waals surface area (Å²) in [6.07, 6.45) is 0.821. The minimum absolute atomic E-state index is 0.235. The van der Waals surface area contributed by atoms with Crippen LogP contribution in [0.3, 0.4) is 0 Å². The number of alkyl carbamates (subject to hydrolysis) is 1. The first kappa shape index (κ1) is 22.3. The molecule has 0 aliphatic carbocycles. The van der Waals surface area contributed by atoms with Crippen molar-refractivity contribution in [3.05, 3.63) is 66.4 Å². The van der Waals surface area contributed by atoms with Crippen LogP contribution in [0.4, 0.5) is 4.79 Å². The van der Waals surface area contributed by atoms with Gasteiger partial charge in [0.25, 0.3) is 5.91 Å². The first-order valence-corrected chi connectivity index (χ1v) is 11.0. The number of carbonyl (C=O) groups is 2. The van der Waals surface area contributed by atoms with Crippen LogP contribution in [-0.4, -0.2) is 50.4 Å². The maximum absolute atomic E-state index is 12.8. The molecule has 1 aliphatic rings. The molecule has 9 heteroatoms. The van der Waals surface area contributed by atoms with Crippen molar-refractivity contribution < 1.29 is 28.5 Å². The molecule has 1 aromatic heterocycles. The van der Waals surface area contributed by atoms with Crippen molar-refractivity contribution in [3.63, 3.8) is 0 Å². The zero-order valence-electron chi connectivity index (χ0n) is 19.2. The van der Waals surface area contributed by atoms with E-state index in [0.29, 0.717) is 40.6 Å². The Morgan fingerprint density at radius 2 is 1.89 bits per heavy atom. The van der Waals surface area contributed by atoms with Crippen molar-refractivity contribution in [2.75, 3.05) is 27.3 Å². The number of rotatable bonds is 7. The predicted octanol–water partition coefficient (Wildman–Crippen LogP) is 4.04. The number of cyclic esters (lactones) is 1. The van der Waals surface area contributed by atoms with Gasteiger partial charge in [-0.25, -0.2) is 4.79 Å². The molecule has 2 N–H and O–H groups in total. The highest BCUT2D eigenvalue weighted by Gasteiger charge is 2.23. The Labute approximate surface area is 200 Å². The maximum atomic E-state index is 12.8. The van der Waals surface area contributed by atoms with Gasteiger partial charge >= 0.3 is 6.09 Å². The van der Waals surface area contributed by atoms with E-state index in [-0.39, 0.29) is 18.6 Å². The number of benzene rings is 3. The highest BCUT2D eigenvalue weighted by atomic mass is 16.6. The van der Waals surface area contributed by atoms with Crippen molar-refractivity contribution >= 4 is 33.7 Å². The molecule has 0 bridgehead atoms. The molecule has 1 fully saturated rings. The standard InChI is InChI=1S/C26H23N3O6/c1-32-23-11-20-21(12-24(23)33-2)27-9-8-22(20)34-16-6-7-18-15(10-16)4-3-5-19(18)25(30)28-13-17-14-29-26(31)35-17/h3-12,17H,13-14H2,1-2H3,(H,28,30)(H,29,31)/t17-/m1/s1. The first-order valence-electron chi connectivity index (χ1n) is 11.0. The molecule has 3 aromatic carbocycles. The lowest BCUT2D eigenvalue weighted by molar-refractivity contribution is 0.0917. The summed E-state index contributed by atoms with van der Waals surface area (Å²) >= 11 is 0. The number of hydrogen-bond donors (Lipinski definition) is 2. The molecule has 35 heavy (non-hydrogen) atoms. The first-order chi connectivity index (χ1) is 17.1. The molecule has 4 aromatic rings. The molecule has 2 heterocycles. The lowest BCUT2D eigenvalue weighted by atomic mass is 10.0. The summed E-state index contributed by atoms with van der Waals surface area (Å²) in [5, 5.41) is 7.81. The van der Waals surface area contributed by atoms with E-state index in [1.807, 2.05) is 36.4 Å². The molecule has 1 aliphatic heterocycles. The molecule has 178 valence electrons. The van der Waals surface area contributed by atoms with Gasteiger partial charge in [-0.1, -0.05) is 12.1 Å². The van der Waals surface area contributed by atoms with Crippen LogP contribution in [0.5, 0.6) is 23.0 Å². The Bertz CT molecular complexity index is 1440. The molecular formula is C26H23N3O6. The van der Waals surface area contributed by atoms with Crippen molar-refractivity contribution in [3.8, 4) is 23.0 Å². The normalized spacial score (nSPS) is 14.9. The van der Waals surface area contributed by atoms with Gasteiger partial charge in [-0.3, -0.25) is 9.78 Å². The van der Waals surface area contributed by atoms with E-state index in [1.54, 1.807) is 38.6 Å². The van der Waals surface area contributed by atoms with E-state index >= 15 is 0 Å². The van der Waals surface area contributed by atoms with Crippen LogP contribution in [0.1, 0.15) is 10.4 Å². The minimum atomic E-state index is -0.471. The number of amides is 2. The summed E-state index contributed by atoms with van der Waals surface area (Å²) in [5.41, 5.74) is 1.24. The molecular weight excluding hydrogens is 450 g/mol. The summed E-state index contributed by atoms with van der Waals surface area (Å²) in [5.74, 6) is 2.15. The van der Waals surface area contributed by atoms with Gasteiger partial charge in [0.1, 0.15) is 17.6 Å². The van der Waals surface area contributed by atoms with E-state index in [4.69, 9.17) is 18.9 Å². The Kier molecular flexibility index (Phi) is 5.97. The van der Waals surface area contributed by atoms with Crippen LogP contribution in [0.2, 0.25) is 0 Å². The molecule has 2 amide bonds. The summed E-state index contributed by atoms with van der Waals surface area (Å²) in [6.45, 7) is 0.607. The Morgan fingerprint density at radius 3 is 2.66 bits per heavy atom. The molecule has 0 saturated carbocycles. The van der Waals surface area contributed by atoms with Crippen molar-refractivity contribution in [1.29, 1.82) is 0 Å². The fourth-order valence-electron chi connectivity index (χ4n) is 4.03. The third kappa shape index (κ3) is 4.48. The quantitative estimate of drug-likeness (QED) is 0.417. The summed E-state index contributed by atoms with van der Waals surface area (Å²) in [7, 11) is 3.16. The van der Waals surface area contributed by atoms with Crippen LogP contribution in [0, 0.1) is 0 Å². The van der Waals surface area contributed by atoms with Gasteiger partial charge in [-0.15, -0.1) is 0 Å². The smallest absolute Gasteiger partial charge is 0.407 e. The van der Waals surface area contributed by atoms with Gasteiger partial charge in [-0.2, -0.15) is 0 Å². The van der Waals surface area contributed by atoms with Crippen molar-refractivity contribution in [1.82, 2.24) is 15.6 Å². The second kappa shape index (κ2) is 9.38. The van der Waals surface area contributed by atoms with Gasteiger partial charge in [-0.05, 0) is 47.2 Å². The lowest BCUT2D eigenvalue weighted by Crippen LogP contribution is -2.34. The molecule has 0 spiro atoms. The zero-order chi connectivity index (χ0) is 24.4. The number of fused-ring (bicyclic) bond motifs is 2. The molecule has 1 saturated heterocycles. The van der Waals surface area contributed by atoms with E-state index < -0.39 is 6.09 Å². The number of aromatic nitrogens is 1. The molecule has 0 unspecified atom stereocenters. The summed E-state index contributed by atoms with van der Waals surface area (Å²) in [4.78, 5) is 28.4. The summed E-state index contributed by atoms with van der Waals surface area (Å²) in [6, 6.07) is 16.4. The molecule has 5 rings (SSSR count). The number of nitrogens with one attached hydrogen (secondary N) is 2. The Hall–Kier alpha value is -4.53. The average Bonchev–Trinajstić information content (AvgIpc) is 3.31. The van der Waals surface area contributed by atoms with Crippen LogP contribution >= 0.6 is 0 Å². The monoisotopic (exact) mass is 473 g/mol. The Morgan fingerprint density at radius 1 is 1.06 bits per heavy atom. The maximum Gasteiger partial charge on any atom is 0.407 e. The number of carbonyl (C=O) groups excluding carboxylic acids is 2. The Balaban J connectivity index is 1.40. The molecule has 0 radical (unpaired) electrons. The second-order valence-electron chi connectivity index (χ2n) is 7.94. The largest absolute Gasteiger partial charge is 0.493 e. The molecule has 1 atom stereocenters. The van der Waals surface area contributed by atoms with Gasteiger partial charge < -0.3 is 29.6 Å². The fraction of sp³-hybridized carbons (Fsp3) is 0.192. The third-order valence-electron chi connectivity index (χ3n) is 5.77. The minimum Gasteiger partial charge on any atom is -0.493 e. The van der Waals surface area contributed by atoms with Crippen LogP contribution < -0.4 is 24.8 Å². The van der Waals surface area contributed by atoms with Crippen LogP contribution in [-0.2, 0) is 4.74 Å². The SMILES string of the molecule is COc1cc2nccc(Oc3ccc4c(C(=O)NC[C@@H]5CNC(=O)O5)cccc4c3)c2cc1OC. The van der Waals surface area contributed by atoms with Crippen LogP contribution in [0.15, 0.2) is 60.8 Å². The average molecular weight is 473 g/mol. The topological polar surface area (TPSA) is 108 Å². The number of ether oxygens (including phenoxy) is 4. The van der Waals surface area contributed by atoms with Gasteiger partial charge in [0.05, 0.1) is 32.8 Å². The fourth-order valence-corrected chi connectivity index (χ4v) is 4.03. The number of nitrogens with zero attached hydrogens (tertiary/aromatic N) is 1. The second-order valence-corrected chi connectivity index (χ2v) is 7.94. The predicted molar refractivity (Wildman–Crippen MR) is 129 cm³/mol. The van der Waals surface area contributed by atoms with Gasteiger partial charge in [0.2, 0.25) is 0 Å². The molecule has 9 nitrogen and oxygen atoms in total. The number of pyridine rings is 1. The highest BCUT2D eigenvalue weighted by molar-refractivity contribution is 6.07. The van der Waals surface area contributed by atoms with Crippen molar-refractivity contribution in [2.45, 2.75) is 6.10 Å². The van der Waals surface area contributed by atoms with Gasteiger partial charge in [0, 0.05) is 23.2 Å². The van der Waals surface area contributed by atoms with Crippen molar-refractivity contribution in [2.24, 2.45) is 0 Å². The number of hydrogen-bond acceptors (Lipinski definition) is 7. The third-order valence-corrected chi connectivity index (χ3v) is 5.77.